The largest absolute Gasteiger partial charge is 0.359 e. The Labute approximate surface area is 110 Å². The normalized spacial score (nSPS) is 17.2. The van der Waals surface area contributed by atoms with Gasteiger partial charge in [0.2, 0.25) is 0 Å². The number of nitrogens with one attached hydrogen (secondary N) is 1. The van der Waals surface area contributed by atoms with Crippen LogP contribution in [0.1, 0.15) is 12.0 Å². The third-order valence-corrected chi connectivity index (χ3v) is 3.69. The molecule has 2 heterocycles. The Morgan fingerprint density at radius 3 is 3.00 bits per heavy atom. The zero-order valence-electron chi connectivity index (χ0n) is 10.1. The van der Waals surface area contributed by atoms with Gasteiger partial charge in [0.15, 0.2) is 0 Å². The van der Waals surface area contributed by atoms with Crippen molar-refractivity contribution in [3.05, 3.63) is 40.8 Å². The minimum absolute atomic E-state index is 0.293. The van der Waals surface area contributed by atoms with Gasteiger partial charge in [0.05, 0.1) is 10.5 Å². The number of aromatic amines is 1. The molecular weight excluding hydrogens is 251 g/mol. The van der Waals surface area contributed by atoms with Crippen molar-refractivity contribution in [3.63, 3.8) is 0 Å². The summed E-state index contributed by atoms with van der Waals surface area (Å²) in [6.07, 6.45) is 5.17. The highest BCUT2D eigenvalue weighted by Crippen LogP contribution is 2.32. The summed E-state index contributed by atoms with van der Waals surface area (Å²) >= 11 is 6.04. The highest BCUT2D eigenvalue weighted by molar-refractivity contribution is 6.35. The Bertz CT molecular complexity index is 630. The fourth-order valence-electron chi connectivity index (χ4n) is 2.51. The SMILES string of the molecule is CN1CCC=C(c2c[nH]c3c(Cl)cc(F)cc23)C1. The van der Waals surface area contributed by atoms with Crippen molar-refractivity contribution in [2.75, 3.05) is 20.1 Å². The van der Waals surface area contributed by atoms with Crippen LogP contribution in [0.15, 0.2) is 24.4 Å². The van der Waals surface area contributed by atoms with Gasteiger partial charge >= 0.3 is 0 Å². The molecule has 94 valence electrons. The minimum atomic E-state index is -0.293. The van der Waals surface area contributed by atoms with Gasteiger partial charge in [-0.15, -0.1) is 0 Å². The maximum atomic E-state index is 13.5. The zero-order valence-corrected chi connectivity index (χ0v) is 10.9. The van der Waals surface area contributed by atoms with Gasteiger partial charge < -0.3 is 9.88 Å². The van der Waals surface area contributed by atoms with E-state index in [4.69, 9.17) is 11.6 Å². The average Bonchev–Trinajstić information content (AvgIpc) is 2.72. The molecule has 0 saturated heterocycles. The Hall–Kier alpha value is -1.32. The molecule has 1 aromatic carbocycles. The average molecular weight is 265 g/mol. The first-order valence-corrected chi connectivity index (χ1v) is 6.37. The molecule has 1 aromatic heterocycles. The number of fused-ring (bicyclic) bond motifs is 1. The molecule has 1 aliphatic heterocycles. The summed E-state index contributed by atoms with van der Waals surface area (Å²) in [6, 6.07) is 2.88. The summed E-state index contributed by atoms with van der Waals surface area (Å²) in [7, 11) is 2.09. The third-order valence-electron chi connectivity index (χ3n) is 3.39. The van der Waals surface area contributed by atoms with Gasteiger partial charge in [-0.2, -0.15) is 0 Å². The first kappa shape index (κ1) is 11.8. The molecule has 3 rings (SSSR count). The number of hydrogen-bond acceptors (Lipinski definition) is 1. The molecule has 18 heavy (non-hydrogen) atoms. The van der Waals surface area contributed by atoms with Gasteiger partial charge in [0.1, 0.15) is 5.82 Å². The lowest BCUT2D eigenvalue weighted by atomic mass is 10.0. The van der Waals surface area contributed by atoms with Gasteiger partial charge in [-0.25, -0.2) is 4.39 Å². The second kappa shape index (κ2) is 4.41. The summed E-state index contributed by atoms with van der Waals surface area (Å²) in [4.78, 5) is 5.40. The lowest BCUT2D eigenvalue weighted by Crippen LogP contribution is -2.24. The lowest BCUT2D eigenvalue weighted by Gasteiger charge is -2.22. The Morgan fingerprint density at radius 1 is 1.39 bits per heavy atom. The first-order valence-electron chi connectivity index (χ1n) is 5.99. The molecule has 0 radical (unpaired) electrons. The van der Waals surface area contributed by atoms with Crippen molar-refractivity contribution in [1.29, 1.82) is 0 Å². The number of aromatic nitrogens is 1. The van der Waals surface area contributed by atoms with Gasteiger partial charge in [-0.1, -0.05) is 17.7 Å². The van der Waals surface area contributed by atoms with E-state index in [-0.39, 0.29) is 5.82 Å². The van der Waals surface area contributed by atoms with Gasteiger partial charge in [-0.3, -0.25) is 0 Å². The Balaban J connectivity index is 2.15. The lowest BCUT2D eigenvalue weighted by molar-refractivity contribution is 0.373. The predicted octanol–water partition coefficient (Wildman–Crippen LogP) is 3.68. The van der Waals surface area contributed by atoms with Gasteiger partial charge in [0.25, 0.3) is 0 Å². The van der Waals surface area contributed by atoms with E-state index in [2.05, 4.69) is 23.0 Å². The monoisotopic (exact) mass is 264 g/mol. The van der Waals surface area contributed by atoms with Crippen LogP contribution in [0.3, 0.4) is 0 Å². The summed E-state index contributed by atoms with van der Waals surface area (Å²) in [5.74, 6) is -0.293. The quantitative estimate of drug-likeness (QED) is 0.833. The molecule has 1 aliphatic rings. The van der Waals surface area contributed by atoms with E-state index in [1.54, 1.807) is 6.07 Å². The molecule has 1 N–H and O–H groups in total. The molecule has 0 spiro atoms. The van der Waals surface area contributed by atoms with Crippen molar-refractivity contribution in [2.24, 2.45) is 0 Å². The third kappa shape index (κ3) is 1.93. The Kier molecular flexibility index (Phi) is 2.88. The van der Waals surface area contributed by atoms with Crippen molar-refractivity contribution < 1.29 is 4.39 Å². The predicted molar refractivity (Wildman–Crippen MR) is 73.4 cm³/mol. The van der Waals surface area contributed by atoms with E-state index in [9.17, 15) is 4.39 Å². The summed E-state index contributed by atoms with van der Waals surface area (Å²) in [6.45, 7) is 1.96. The molecule has 0 fully saturated rings. The number of hydrogen-bond donors (Lipinski definition) is 1. The van der Waals surface area contributed by atoms with E-state index < -0.39 is 0 Å². The highest BCUT2D eigenvalue weighted by atomic mass is 35.5. The van der Waals surface area contributed by atoms with E-state index in [0.717, 1.165) is 36.0 Å². The van der Waals surface area contributed by atoms with Gasteiger partial charge in [0, 0.05) is 30.2 Å². The number of rotatable bonds is 1. The molecule has 0 amide bonds. The van der Waals surface area contributed by atoms with E-state index in [1.165, 1.54) is 11.6 Å². The first-order chi connectivity index (χ1) is 8.65. The molecule has 2 nitrogen and oxygen atoms in total. The second-order valence-electron chi connectivity index (χ2n) is 4.77. The molecule has 0 atom stereocenters. The van der Waals surface area contributed by atoms with Crippen LogP contribution >= 0.6 is 11.6 Å². The van der Waals surface area contributed by atoms with Crippen LogP contribution in [0.2, 0.25) is 5.02 Å². The summed E-state index contributed by atoms with van der Waals surface area (Å²) in [5, 5.41) is 1.29. The van der Waals surface area contributed by atoms with Crippen LogP contribution in [-0.4, -0.2) is 30.0 Å². The summed E-state index contributed by atoms with van der Waals surface area (Å²) < 4.78 is 13.5. The number of likely N-dealkylation sites (N-methyl/N-ethyl adjacent to an activating group) is 1. The molecule has 0 saturated carbocycles. The van der Waals surface area contributed by atoms with Crippen LogP contribution < -0.4 is 0 Å². The molecule has 0 unspecified atom stereocenters. The Morgan fingerprint density at radius 2 is 2.22 bits per heavy atom. The van der Waals surface area contributed by atoms with E-state index in [1.807, 2.05) is 6.20 Å². The fourth-order valence-corrected chi connectivity index (χ4v) is 2.77. The number of benzene rings is 1. The topological polar surface area (TPSA) is 19.0 Å². The van der Waals surface area contributed by atoms with Crippen LogP contribution in [0.4, 0.5) is 4.39 Å². The van der Waals surface area contributed by atoms with E-state index in [0.29, 0.717) is 5.02 Å². The number of halogens is 2. The van der Waals surface area contributed by atoms with Crippen molar-refractivity contribution in [3.8, 4) is 0 Å². The highest BCUT2D eigenvalue weighted by Gasteiger charge is 2.15. The van der Waals surface area contributed by atoms with Crippen molar-refractivity contribution in [1.82, 2.24) is 9.88 Å². The number of H-pyrrole nitrogens is 1. The van der Waals surface area contributed by atoms with Gasteiger partial charge in [-0.05, 0) is 31.2 Å². The minimum Gasteiger partial charge on any atom is -0.359 e. The number of nitrogens with zero attached hydrogens (tertiary/aromatic N) is 1. The molecule has 2 aromatic rings. The summed E-state index contributed by atoms with van der Waals surface area (Å²) in [5.41, 5.74) is 3.09. The van der Waals surface area contributed by atoms with Crippen LogP contribution in [0.5, 0.6) is 0 Å². The van der Waals surface area contributed by atoms with Crippen LogP contribution in [0, 0.1) is 5.82 Å². The second-order valence-corrected chi connectivity index (χ2v) is 5.18. The maximum absolute atomic E-state index is 13.5. The maximum Gasteiger partial charge on any atom is 0.125 e. The fraction of sp³-hybridized carbons (Fsp3) is 0.286. The van der Waals surface area contributed by atoms with E-state index >= 15 is 0 Å². The van der Waals surface area contributed by atoms with Crippen molar-refractivity contribution in [2.45, 2.75) is 6.42 Å². The van der Waals surface area contributed by atoms with Crippen LogP contribution in [0.25, 0.3) is 16.5 Å². The zero-order chi connectivity index (χ0) is 12.7. The molecule has 4 heteroatoms. The standard InChI is InChI=1S/C14H14ClFN2/c1-18-4-2-3-9(8-18)12-7-17-14-11(12)5-10(16)6-13(14)15/h3,5-7,17H,2,4,8H2,1H3. The van der Waals surface area contributed by atoms with Crippen molar-refractivity contribution >= 4 is 28.1 Å². The molecule has 0 aliphatic carbocycles. The molecule has 0 bridgehead atoms. The van der Waals surface area contributed by atoms with Crippen LogP contribution in [-0.2, 0) is 0 Å². The smallest absolute Gasteiger partial charge is 0.125 e. The molecular formula is C14H14ClFN2.